The van der Waals surface area contributed by atoms with Crippen LogP contribution in [-0.4, -0.2) is 25.0 Å². The molecule has 0 heterocycles. The van der Waals surface area contributed by atoms with Crippen LogP contribution in [0.25, 0.3) is 0 Å². The van der Waals surface area contributed by atoms with Crippen molar-refractivity contribution in [1.29, 1.82) is 0 Å². The second-order valence-corrected chi connectivity index (χ2v) is 3.04. The molecule has 0 aliphatic heterocycles. The van der Waals surface area contributed by atoms with E-state index >= 15 is 0 Å². The maximum absolute atomic E-state index is 11.1. The van der Waals surface area contributed by atoms with Gasteiger partial charge in [-0.05, 0) is 5.56 Å². The third-order valence-electron chi connectivity index (χ3n) is 1.69. The fourth-order valence-corrected chi connectivity index (χ4v) is 0.932. The second-order valence-electron chi connectivity index (χ2n) is 3.04. The highest BCUT2D eigenvalue weighted by atomic mass is 16.2. The molecule has 70 valence electrons. The summed E-state index contributed by atoms with van der Waals surface area (Å²) >= 11 is 0. The van der Waals surface area contributed by atoms with E-state index in [2.05, 4.69) is 5.32 Å². The van der Waals surface area contributed by atoms with E-state index in [4.69, 9.17) is 0 Å². The zero-order valence-electron chi connectivity index (χ0n) is 7.95. The van der Waals surface area contributed by atoms with Crippen LogP contribution in [0.4, 0.5) is 4.79 Å². The smallest absolute Gasteiger partial charge is 0.317 e. The lowest BCUT2D eigenvalue weighted by atomic mass is 10.2. The Morgan fingerprint density at radius 2 is 1.92 bits per heavy atom. The summed E-state index contributed by atoms with van der Waals surface area (Å²) in [6, 6.07) is 9.76. The van der Waals surface area contributed by atoms with Gasteiger partial charge in [0.1, 0.15) is 0 Å². The lowest BCUT2D eigenvalue weighted by Crippen LogP contribution is -2.33. The topological polar surface area (TPSA) is 32.3 Å². The molecule has 0 aliphatic rings. The predicted molar refractivity (Wildman–Crippen MR) is 52.4 cm³/mol. The van der Waals surface area contributed by atoms with E-state index < -0.39 is 0 Å². The summed E-state index contributed by atoms with van der Waals surface area (Å²) in [5.41, 5.74) is 1.11. The van der Waals surface area contributed by atoms with Gasteiger partial charge in [-0.25, -0.2) is 4.79 Å². The standard InChI is InChI=1S/C10H14N2O/c1-12(2)10(13)11-8-9-6-4-3-5-7-9/h3-7H,8H2,1-2H3,(H,11,13). The van der Waals surface area contributed by atoms with Crippen LogP contribution in [0.1, 0.15) is 5.56 Å². The number of nitrogens with one attached hydrogen (secondary N) is 1. The summed E-state index contributed by atoms with van der Waals surface area (Å²) in [4.78, 5) is 12.6. The highest BCUT2D eigenvalue weighted by molar-refractivity contribution is 5.73. The minimum Gasteiger partial charge on any atom is -0.334 e. The number of hydrogen-bond acceptors (Lipinski definition) is 1. The molecular formula is C10H14N2O. The molecule has 0 saturated carbocycles. The Hall–Kier alpha value is -1.51. The monoisotopic (exact) mass is 178 g/mol. The Morgan fingerprint density at radius 1 is 1.31 bits per heavy atom. The molecule has 0 unspecified atom stereocenters. The Balaban J connectivity index is 2.40. The van der Waals surface area contributed by atoms with Crippen LogP contribution in [0.15, 0.2) is 30.3 Å². The normalized spacial score (nSPS) is 9.38. The third-order valence-corrected chi connectivity index (χ3v) is 1.69. The first-order chi connectivity index (χ1) is 6.20. The molecule has 13 heavy (non-hydrogen) atoms. The predicted octanol–water partition coefficient (Wildman–Crippen LogP) is 1.46. The Morgan fingerprint density at radius 3 is 2.46 bits per heavy atom. The first-order valence-corrected chi connectivity index (χ1v) is 4.19. The van der Waals surface area contributed by atoms with Gasteiger partial charge in [0.25, 0.3) is 0 Å². The molecule has 1 rings (SSSR count). The summed E-state index contributed by atoms with van der Waals surface area (Å²) in [6.45, 7) is 0.581. The minimum absolute atomic E-state index is 0.0659. The summed E-state index contributed by atoms with van der Waals surface area (Å²) in [6.07, 6.45) is 0. The summed E-state index contributed by atoms with van der Waals surface area (Å²) < 4.78 is 0. The Kier molecular flexibility index (Phi) is 3.31. The Labute approximate surface area is 78.4 Å². The molecule has 0 aromatic heterocycles. The summed E-state index contributed by atoms with van der Waals surface area (Å²) in [5, 5.41) is 2.79. The van der Waals surface area contributed by atoms with E-state index in [0.717, 1.165) is 5.56 Å². The number of nitrogens with zero attached hydrogens (tertiary/aromatic N) is 1. The van der Waals surface area contributed by atoms with E-state index in [-0.39, 0.29) is 6.03 Å². The van der Waals surface area contributed by atoms with Crippen molar-refractivity contribution >= 4 is 6.03 Å². The maximum atomic E-state index is 11.1. The van der Waals surface area contributed by atoms with Crippen LogP contribution in [0.3, 0.4) is 0 Å². The molecule has 0 aliphatic carbocycles. The number of carbonyl (C=O) groups is 1. The highest BCUT2D eigenvalue weighted by Gasteiger charge is 2.00. The lowest BCUT2D eigenvalue weighted by molar-refractivity contribution is 0.217. The van der Waals surface area contributed by atoms with Crippen LogP contribution in [-0.2, 0) is 6.54 Å². The lowest BCUT2D eigenvalue weighted by Gasteiger charge is -2.11. The fraction of sp³-hybridized carbons (Fsp3) is 0.300. The molecule has 0 fully saturated rings. The first kappa shape index (κ1) is 9.58. The van der Waals surface area contributed by atoms with Gasteiger partial charge in [0.2, 0.25) is 0 Å². The number of benzene rings is 1. The van der Waals surface area contributed by atoms with Crippen molar-refractivity contribution in [3.05, 3.63) is 35.9 Å². The van der Waals surface area contributed by atoms with E-state index in [0.29, 0.717) is 6.54 Å². The van der Waals surface area contributed by atoms with Gasteiger partial charge in [0.05, 0.1) is 0 Å². The van der Waals surface area contributed by atoms with Gasteiger partial charge in [-0.2, -0.15) is 0 Å². The number of urea groups is 1. The van der Waals surface area contributed by atoms with Crippen molar-refractivity contribution < 1.29 is 4.79 Å². The van der Waals surface area contributed by atoms with Gasteiger partial charge in [-0.1, -0.05) is 30.3 Å². The quantitative estimate of drug-likeness (QED) is 0.730. The molecule has 0 spiro atoms. The highest BCUT2D eigenvalue weighted by Crippen LogP contribution is 1.97. The van der Waals surface area contributed by atoms with Gasteiger partial charge >= 0.3 is 6.03 Å². The largest absolute Gasteiger partial charge is 0.334 e. The van der Waals surface area contributed by atoms with Crippen LogP contribution < -0.4 is 5.32 Å². The Bertz CT molecular complexity index is 270. The van der Waals surface area contributed by atoms with E-state index in [9.17, 15) is 4.79 Å². The van der Waals surface area contributed by atoms with Crippen LogP contribution in [0.5, 0.6) is 0 Å². The van der Waals surface area contributed by atoms with E-state index in [1.165, 1.54) is 4.90 Å². The molecule has 3 heteroatoms. The molecule has 0 atom stereocenters. The van der Waals surface area contributed by atoms with Crippen molar-refractivity contribution in [2.24, 2.45) is 0 Å². The van der Waals surface area contributed by atoms with E-state index in [1.54, 1.807) is 14.1 Å². The summed E-state index contributed by atoms with van der Waals surface area (Å²) in [7, 11) is 3.45. The molecule has 1 aromatic carbocycles. The maximum Gasteiger partial charge on any atom is 0.317 e. The number of carbonyl (C=O) groups excluding carboxylic acids is 1. The molecule has 0 bridgehead atoms. The zero-order chi connectivity index (χ0) is 9.68. The van der Waals surface area contributed by atoms with Gasteiger partial charge in [0, 0.05) is 20.6 Å². The van der Waals surface area contributed by atoms with Crippen LogP contribution >= 0.6 is 0 Å². The average molecular weight is 178 g/mol. The molecule has 2 amide bonds. The second kappa shape index (κ2) is 4.50. The van der Waals surface area contributed by atoms with Gasteiger partial charge in [0.15, 0.2) is 0 Å². The van der Waals surface area contributed by atoms with Crippen LogP contribution in [0, 0.1) is 0 Å². The van der Waals surface area contributed by atoms with Gasteiger partial charge < -0.3 is 10.2 Å². The molecular weight excluding hydrogens is 164 g/mol. The summed E-state index contributed by atoms with van der Waals surface area (Å²) in [5.74, 6) is 0. The molecule has 1 N–H and O–H groups in total. The van der Waals surface area contributed by atoms with Gasteiger partial charge in [-0.3, -0.25) is 0 Å². The first-order valence-electron chi connectivity index (χ1n) is 4.19. The van der Waals surface area contributed by atoms with Crippen molar-refractivity contribution in [2.45, 2.75) is 6.54 Å². The molecule has 0 saturated heterocycles. The van der Waals surface area contributed by atoms with Crippen molar-refractivity contribution in [1.82, 2.24) is 10.2 Å². The SMILES string of the molecule is CN(C)C(=O)NCc1ccccc1. The average Bonchev–Trinajstić information content (AvgIpc) is 2.15. The molecule has 0 radical (unpaired) electrons. The number of amides is 2. The molecule has 3 nitrogen and oxygen atoms in total. The zero-order valence-corrected chi connectivity index (χ0v) is 7.95. The van der Waals surface area contributed by atoms with E-state index in [1.807, 2.05) is 30.3 Å². The van der Waals surface area contributed by atoms with Crippen molar-refractivity contribution in [3.8, 4) is 0 Å². The van der Waals surface area contributed by atoms with Crippen molar-refractivity contribution in [3.63, 3.8) is 0 Å². The fourth-order valence-electron chi connectivity index (χ4n) is 0.932. The van der Waals surface area contributed by atoms with Crippen LogP contribution in [0.2, 0.25) is 0 Å². The third kappa shape index (κ3) is 3.15. The van der Waals surface area contributed by atoms with Crippen molar-refractivity contribution in [2.75, 3.05) is 14.1 Å². The molecule has 1 aromatic rings. The minimum atomic E-state index is -0.0659. The number of rotatable bonds is 2. The number of hydrogen-bond donors (Lipinski definition) is 1. The van der Waals surface area contributed by atoms with Gasteiger partial charge in [-0.15, -0.1) is 0 Å².